The molecule has 3 aromatic rings. The molecule has 150 valence electrons. The summed E-state index contributed by atoms with van der Waals surface area (Å²) in [5, 5.41) is 3.23. The van der Waals surface area contributed by atoms with Crippen molar-refractivity contribution in [2.75, 3.05) is 16.8 Å². The fourth-order valence-electron chi connectivity index (χ4n) is 3.53. The summed E-state index contributed by atoms with van der Waals surface area (Å²) in [4.78, 5) is 39.9. The maximum atomic E-state index is 12.9. The molecule has 1 fully saturated rings. The number of hydrogen-bond acceptors (Lipinski definition) is 3. The van der Waals surface area contributed by atoms with E-state index >= 15 is 0 Å². The lowest BCUT2D eigenvalue weighted by Crippen LogP contribution is -2.28. The minimum Gasteiger partial charge on any atom is -0.325 e. The number of hydrogen-bond donors (Lipinski definition) is 1. The van der Waals surface area contributed by atoms with Crippen LogP contribution in [0.5, 0.6) is 0 Å². The Morgan fingerprint density at radius 3 is 2.30 bits per heavy atom. The third kappa shape index (κ3) is 4.11. The van der Waals surface area contributed by atoms with Gasteiger partial charge < -0.3 is 10.2 Å². The van der Waals surface area contributed by atoms with Crippen LogP contribution in [0.15, 0.2) is 78.9 Å². The predicted molar refractivity (Wildman–Crippen MR) is 117 cm³/mol. The Bertz CT molecular complexity index is 1100. The molecule has 0 unspecified atom stereocenters. The standard InChI is InChI=1S/C24H19ClN2O3/c25-18-11-12-21(20(14-18)23(29)16-7-3-1-4-8-16)26-24(30)17-13-22(28)27(15-17)19-9-5-2-6-10-19/h1-12,14,17H,13,15H2,(H,26,30)/t17-/m0/s1. The van der Waals surface area contributed by atoms with E-state index in [-0.39, 0.29) is 24.0 Å². The molecule has 1 atom stereocenters. The average molecular weight is 419 g/mol. The number of benzene rings is 3. The maximum absolute atomic E-state index is 12.9. The molecule has 0 bridgehead atoms. The van der Waals surface area contributed by atoms with Crippen molar-refractivity contribution < 1.29 is 14.4 Å². The molecule has 0 spiro atoms. The van der Waals surface area contributed by atoms with Gasteiger partial charge in [-0.3, -0.25) is 14.4 Å². The van der Waals surface area contributed by atoms with E-state index < -0.39 is 5.92 Å². The zero-order chi connectivity index (χ0) is 21.1. The third-order valence-corrected chi connectivity index (χ3v) is 5.32. The molecule has 5 nitrogen and oxygen atoms in total. The van der Waals surface area contributed by atoms with Crippen LogP contribution < -0.4 is 10.2 Å². The summed E-state index contributed by atoms with van der Waals surface area (Å²) in [5.74, 6) is -1.14. The van der Waals surface area contributed by atoms with Crippen LogP contribution in [0.2, 0.25) is 5.02 Å². The first-order valence-electron chi connectivity index (χ1n) is 9.58. The lowest BCUT2D eigenvalue weighted by atomic mass is 10.0. The summed E-state index contributed by atoms with van der Waals surface area (Å²) in [7, 11) is 0. The van der Waals surface area contributed by atoms with Gasteiger partial charge in [0.1, 0.15) is 0 Å². The number of nitrogens with one attached hydrogen (secondary N) is 1. The molecule has 1 saturated heterocycles. The van der Waals surface area contributed by atoms with E-state index in [0.29, 0.717) is 28.4 Å². The minimum absolute atomic E-state index is 0.0990. The molecular weight excluding hydrogens is 400 g/mol. The van der Waals surface area contributed by atoms with Gasteiger partial charge in [0, 0.05) is 34.8 Å². The SMILES string of the molecule is O=C(c1ccccc1)c1cc(Cl)ccc1NC(=O)[C@H]1CC(=O)N(c2ccccc2)C1. The topological polar surface area (TPSA) is 66.5 Å². The van der Waals surface area contributed by atoms with Gasteiger partial charge >= 0.3 is 0 Å². The molecule has 0 aromatic heterocycles. The molecule has 4 rings (SSSR count). The smallest absolute Gasteiger partial charge is 0.229 e. The number of amides is 2. The molecule has 30 heavy (non-hydrogen) atoms. The highest BCUT2D eigenvalue weighted by molar-refractivity contribution is 6.31. The van der Waals surface area contributed by atoms with Crippen molar-refractivity contribution in [2.24, 2.45) is 5.92 Å². The Balaban J connectivity index is 1.54. The first kappa shape index (κ1) is 19.9. The maximum Gasteiger partial charge on any atom is 0.229 e. The van der Waals surface area contributed by atoms with Crippen LogP contribution >= 0.6 is 11.6 Å². The average Bonchev–Trinajstić information content (AvgIpc) is 3.17. The summed E-state index contributed by atoms with van der Waals surface area (Å²) in [6.45, 7) is 0.296. The molecule has 1 aliphatic heterocycles. The normalized spacial score (nSPS) is 15.8. The van der Waals surface area contributed by atoms with Crippen LogP contribution in [0.25, 0.3) is 0 Å². The first-order chi connectivity index (χ1) is 14.5. The van der Waals surface area contributed by atoms with Crippen molar-refractivity contribution in [2.45, 2.75) is 6.42 Å². The second kappa shape index (κ2) is 8.51. The van der Waals surface area contributed by atoms with Gasteiger partial charge in [0.15, 0.2) is 5.78 Å². The molecule has 1 N–H and O–H groups in total. The summed E-state index contributed by atoms with van der Waals surface area (Å²) in [5.41, 5.74) is 1.96. The minimum atomic E-state index is -0.506. The summed E-state index contributed by atoms with van der Waals surface area (Å²) < 4.78 is 0. The number of carbonyl (C=O) groups is 3. The highest BCUT2D eigenvalue weighted by atomic mass is 35.5. The Labute approximate surface area is 179 Å². The number of anilines is 2. The molecule has 6 heteroatoms. The van der Waals surface area contributed by atoms with E-state index in [2.05, 4.69) is 5.32 Å². The van der Waals surface area contributed by atoms with E-state index in [4.69, 9.17) is 11.6 Å². The van der Waals surface area contributed by atoms with Crippen LogP contribution in [0.4, 0.5) is 11.4 Å². The van der Waals surface area contributed by atoms with Gasteiger partial charge in [-0.25, -0.2) is 0 Å². The number of ketones is 1. The predicted octanol–water partition coefficient (Wildman–Crippen LogP) is 4.56. The molecule has 0 aliphatic carbocycles. The van der Waals surface area contributed by atoms with E-state index in [1.807, 2.05) is 36.4 Å². The number of halogens is 1. The number of rotatable bonds is 5. The largest absolute Gasteiger partial charge is 0.325 e. The molecular formula is C24H19ClN2O3. The second-order valence-corrected chi connectivity index (χ2v) is 7.55. The summed E-state index contributed by atoms with van der Waals surface area (Å²) >= 11 is 6.10. The first-order valence-corrected chi connectivity index (χ1v) is 9.96. The van der Waals surface area contributed by atoms with Crippen LogP contribution in [0.1, 0.15) is 22.3 Å². The third-order valence-electron chi connectivity index (χ3n) is 5.08. The Hall–Kier alpha value is -3.44. The van der Waals surface area contributed by atoms with Crippen molar-refractivity contribution in [3.05, 3.63) is 95.0 Å². The van der Waals surface area contributed by atoms with Gasteiger partial charge in [0.05, 0.1) is 11.6 Å². The van der Waals surface area contributed by atoms with Gasteiger partial charge in [-0.15, -0.1) is 0 Å². The second-order valence-electron chi connectivity index (χ2n) is 7.12. The van der Waals surface area contributed by atoms with Crippen LogP contribution in [0.3, 0.4) is 0 Å². The van der Waals surface area contributed by atoms with E-state index in [1.54, 1.807) is 47.4 Å². The Morgan fingerprint density at radius 1 is 0.933 bits per heavy atom. The Morgan fingerprint density at radius 2 is 1.60 bits per heavy atom. The van der Waals surface area contributed by atoms with E-state index in [1.165, 1.54) is 0 Å². The quantitative estimate of drug-likeness (QED) is 0.617. The van der Waals surface area contributed by atoms with Gasteiger partial charge in [-0.2, -0.15) is 0 Å². The van der Waals surface area contributed by atoms with Crippen molar-refractivity contribution in [1.82, 2.24) is 0 Å². The monoisotopic (exact) mass is 418 g/mol. The summed E-state index contributed by atoms with van der Waals surface area (Å²) in [6.07, 6.45) is 0.121. The fourth-order valence-corrected chi connectivity index (χ4v) is 3.71. The van der Waals surface area contributed by atoms with Gasteiger partial charge in [0.2, 0.25) is 11.8 Å². The molecule has 1 aliphatic rings. The number of nitrogens with zero attached hydrogens (tertiary/aromatic N) is 1. The number of carbonyl (C=O) groups excluding carboxylic acids is 3. The molecule has 3 aromatic carbocycles. The van der Waals surface area contributed by atoms with Gasteiger partial charge in [-0.05, 0) is 30.3 Å². The van der Waals surface area contributed by atoms with Gasteiger partial charge in [-0.1, -0.05) is 60.1 Å². The zero-order valence-corrected chi connectivity index (χ0v) is 16.8. The lowest BCUT2D eigenvalue weighted by Gasteiger charge is -2.17. The molecule has 0 radical (unpaired) electrons. The van der Waals surface area contributed by atoms with Crippen molar-refractivity contribution in [3.8, 4) is 0 Å². The van der Waals surface area contributed by atoms with Crippen molar-refractivity contribution in [1.29, 1.82) is 0 Å². The highest BCUT2D eigenvalue weighted by Gasteiger charge is 2.35. The number of para-hydroxylation sites is 1. The van der Waals surface area contributed by atoms with E-state index in [0.717, 1.165) is 5.69 Å². The molecule has 0 saturated carbocycles. The van der Waals surface area contributed by atoms with Crippen molar-refractivity contribution >= 4 is 40.6 Å². The highest BCUT2D eigenvalue weighted by Crippen LogP contribution is 2.28. The lowest BCUT2D eigenvalue weighted by molar-refractivity contribution is -0.122. The van der Waals surface area contributed by atoms with Crippen LogP contribution in [0, 0.1) is 5.92 Å². The van der Waals surface area contributed by atoms with Crippen LogP contribution in [-0.2, 0) is 9.59 Å². The van der Waals surface area contributed by atoms with Gasteiger partial charge in [0.25, 0.3) is 0 Å². The Kier molecular flexibility index (Phi) is 5.63. The zero-order valence-electron chi connectivity index (χ0n) is 16.0. The van der Waals surface area contributed by atoms with E-state index in [9.17, 15) is 14.4 Å². The molecule has 1 heterocycles. The summed E-state index contributed by atoms with van der Waals surface area (Å²) in [6, 6.07) is 22.8. The fraction of sp³-hybridized carbons (Fsp3) is 0.125. The van der Waals surface area contributed by atoms with Crippen molar-refractivity contribution in [3.63, 3.8) is 0 Å². The van der Waals surface area contributed by atoms with Crippen LogP contribution in [-0.4, -0.2) is 24.1 Å². The molecule has 2 amide bonds.